The van der Waals surface area contributed by atoms with E-state index in [1.54, 1.807) is 0 Å². The Labute approximate surface area is 171 Å². The lowest BCUT2D eigenvalue weighted by atomic mass is 10.2. The molecule has 3 rings (SSSR count). The van der Waals surface area contributed by atoms with E-state index in [9.17, 15) is 4.79 Å². The van der Waals surface area contributed by atoms with Crippen LogP contribution in [0.5, 0.6) is 0 Å². The van der Waals surface area contributed by atoms with Crippen molar-refractivity contribution in [3.05, 3.63) is 59.7 Å². The third-order valence-electron chi connectivity index (χ3n) is 4.34. The summed E-state index contributed by atoms with van der Waals surface area (Å²) in [6.45, 7) is 3.35. The molecule has 1 aliphatic heterocycles. The number of nitrogens with two attached hydrogens (primary N) is 1. The van der Waals surface area contributed by atoms with E-state index in [0.29, 0.717) is 25.3 Å². The Kier molecular flexibility index (Phi) is 7.44. The first kappa shape index (κ1) is 20.2. The number of nitrogens with zero attached hydrogens (tertiary/aromatic N) is 2. The Bertz CT molecular complexity index is 774. The Morgan fingerprint density at radius 1 is 1.19 bits per heavy atom. The van der Waals surface area contributed by atoms with Gasteiger partial charge < -0.3 is 16.0 Å². The Hall–Kier alpha value is -2.09. The number of para-hydroxylation sites is 1. The van der Waals surface area contributed by atoms with Crippen molar-refractivity contribution in [2.45, 2.75) is 26.2 Å². The number of rotatable bonds is 5. The van der Waals surface area contributed by atoms with Gasteiger partial charge in [0.2, 0.25) is 5.91 Å². The average Bonchev–Trinajstić information content (AvgIpc) is 3.05. The predicted molar refractivity (Wildman–Crippen MR) is 118 cm³/mol. The number of benzene rings is 2. The van der Waals surface area contributed by atoms with E-state index in [1.165, 1.54) is 11.1 Å². The monoisotopic (exact) mass is 464 g/mol. The average molecular weight is 464 g/mol. The smallest absolute Gasteiger partial charge is 0.227 e. The van der Waals surface area contributed by atoms with Crippen LogP contribution in [-0.2, 0) is 11.2 Å². The van der Waals surface area contributed by atoms with E-state index in [-0.39, 0.29) is 29.9 Å². The fraction of sp³-hybridized carbons (Fsp3) is 0.300. The number of fused-ring (bicyclic) bond motifs is 1. The zero-order valence-electron chi connectivity index (χ0n) is 14.9. The minimum absolute atomic E-state index is 0. The second-order valence-electron chi connectivity index (χ2n) is 6.29. The summed E-state index contributed by atoms with van der Waals surface area (Å²) in [4.78, 5) is 18.6. The highest BCUT2D eigenvalue weighted by Crippen LogP contribution is 2.27. The van der Waals surface area contributed by atoms with Gasteiger partial charge in [-0.05, 0) is 43.5 Å². The van der Waals surface area contributed by atoms with E-state index in [1.807, 2.05) is 54.3 Å². The van der Waals surface area contributed by atoms with Crippen LogP contribution in [0.4, 0.5) is 11.4 Å². The zero-order valence-corrected chi connectivity index (χ0v) is 17.3. The first-order valence-electron chi connectivity index (χ1n) is 8.65. The van der Waals surface area contributed by atoms with Gasteiger partial charge in [-0.3, -0.25) is 9.79 Å². The molecule has 0 aromatic heterocycles. The van der Waals surface area contributed by atoms with Crippen LogP contribution in [0.1, 0.15) is 24.0 Å². The lowest BCUT2D eigenvalue weighted by Crippen LogP contribution is -2.28. The molecule has 0 fully saturated rings. The molecular formula is C20H25IN4O. The van der Waals surface area contributed by atoms with Crippen molar-refractivity contribution < 1.29 is 4.79 Å². The molecule has 138 valence electrons. The molecule has 0 atom stereocenters. The number of carbonyl (C=O) groups is 1. The summed E-state index contributed by atoms with van der Waals surface area (Å²) in [7, 11) is 0. The van der Waals surface area contributed by atoms with Crippen molar-refractivity contribution in [3.63, 3.8) is 0 Å². The minimum atomic E-state index is 0. The summed E-state index contributed by atoms with van der Waals surface area (Å²) in [5.74, 6) is 0.535. The van der Waals surface area contributed by atoms with Crippen molar-refractivity contribution in [3.8, 4) is 0 Å². The molecule has 0 saturated heterocycles. The molecule has 1 heterocycles. The molecule has 0 unspecified atom stereocenters. The lowest BCUT2D eigenvalue weighted by molar-refractivity contribution is -0.118. The second-order valence-corrected chi connectivity index (χ2v) is 6.29. The van der Waals surface area contributed by atoms with Crippen molar-refractivity contribution >= 4 is 47.2 Å². The zero-order chi connectivity index (χ0) is 17.6. The number of hydrogen-bond donors (Lipinski definition) is 2. The number of nitrogens with one attached hydrogen (secondary N) is 1. The quantitative estimate of drug-likeness (QED) is 0.307. The number of aliphatic imine (C=N–C) groups is 1. The van der Waals surface area contributed by atoms with Crippen LogP contribution in [0, 0.1) is 6.92 Å². The molecule has 0 spiro atoms. The molecule has 0 saturated carbocycles. The van der Waals surface area contributed by atoms with E-state index in [4.69, 9.17) is 5.73 Å². The van der Waals surface area contributed by atoms with E-state index >= 15 is 0 Å². The van der Waals surface area contributed by atoms with E-state index < -0.39 is 0 Å². The number of guanidine groups is 1. The normalized spacial score (nSPS) is 13.1. The first-order valence-corrected chi connectivity index (χ1v) is 8.65. The molecule has 0 aliphatic carbocycles. The molecule has 1 aliphatic rings. The number of hydrogen-bond acceptors (Lipinski definition) is 2. The maximum atomic E-state index is 12.4. The van der Waals surface area contributed by atoms with Crippen LogP contribution in [0.15, 0.2) is 53.5 Å². The second kappa shape index (κ2) is 9.56. The highest BCUT2D eigenvalue weighted by Gasteiger charge is 2.23. The maximum absolute atomic E-state index is 12.4. The van der Waals surface area contributed by atoms with Crippen LogP contribution in [-0.4, -0.2) is 25.0 Å². The number of aryl methyl sites for hydroxylation is 1. The summed E-state index contributed by atoms with van der Waals surface area (Å²) in [5, 5.41) is 3.06. The SMILES string of the molecule is Cc1ccc(NC(N)=NCCCC(=O)N2CCc3ccccc32)cc1.I. The Morgan fingerprint density at radius 3 is 2.69 bits per heavy atom. The number of amides is 1. The van der Waals surface area contributed by atoms with Crippen molar-refractivity contribution in [1.82, 2.24) is 0 Å². The lowest BCUT2D eigenvalue weighted by Gasteiger charge is -2.17. The Morgan fingerprint density at radius 2 is 1.92 bits per heavy atom. The largest absolute Gasteiger partial charge is 0.370 e. The van der Waals surface area contributed by atoms with Crippen molar-refractivity contribution in [2.75, 3.05) is 23.3 Å². The minimum Gasteiger partial charge on any atom is -0.370 e. The molecule has 0 bridgehead atoms. The Balaban J connectivity index is 0.00000243. The van der Waals surface area contributed by atoms with E-state index in [2.05, 4.69) is 16.4 Å². The molecule has 3 N–H and O–H groups in total. The summed E-state index contributed by atoms with van der Waals surface area (Å²) in [6.07, 6.45) is 2.11. The number of halogens is 1. The van der Waals surface area contributed by atoms with Crippen LogP contribution >= 0.6 is 24.0 Å². The molecule has 26 heavy (non-hydrogen) atoms. The molecular weight excluding hydrogens is 439 g/mol. The highest BCUT2D eigenvalue weighted by atomic mass is 127. The summed E-state index contributed by atoms with van der Waals surface area (Å²) in [5.41, 5.74) is 10.3. The van der Waals surface area contributed by atoms with Gasteiger partial charge in [0.1, 0.15) is 0 Å². The molecule has 5 nitrogen and oxygen atoms in total. The summed E-state index contributed by atoms with van der Waals surface area (Å²) >= 11 is 0. The van der Waals surface area contributed by atoms with Gasteiger partial charge >= 0.3 is 0 Å². The number of carbonyl (C=O) groups excluding carboxylic acids is 1. The highest BCUT2D eigenvalue weighted by molar-refractivity contribution is 14.0. The summed E-state index contributed by atoms with van der Waals surface area (Å²) in [6, 6.07) is 16.1. The van der Waals surface area contributed by atoms with Gasteiger partial charge in [0.25, 0.3) is 0 Å². The van der Waals surface area contributed by atoms with E-state index in [0.717, 1.165) is 24.3 Å². The van der Waals surface area contributed by atoms with Crippen LogP contribution in [0.3, 0.4) is 0 Å². The molecule has 0 radical (unpaired) electrons. The van der Waals surface area contributed by atoms with Crippen LogP contribution < -0.4 is 16.0 Å². The standard InChI is InChI=1S/C20H24N4O.HI/c1-15-8-10-17(11-9-15)23-20(21)22-13-4-7-19(25)24-14-12-16-5-2-3-6-18(16)24;/h2-3,5-6,8-11H,4,7,12-14H2,1H3,(H3,21,22,23);1H. The van der Waals surface area contributed by atoms with Gasteiger partial charge in [0.05, 0.1) is 0 Å². The third-order valence-corrected chi connectivity index (χ3v) is 4.34. The maximum Gasteiger partial charge on any atom is 0.227 e. The molecule has 6 heteroatoms. The fourth-order valence-electron chi connectivity index (χ4n) is 2.99. The molecule has 2 aromatic carbocycles. The number of anilines is 2. The van der Waals surface area contributed by atoms with Gasteiger partial charge in [0.15, 0.2) is 5.96 Å². The van der Waals surface area contributed by atoms with Gasteiger partial charge in [-0.1, -0.05) is 35.9 Å². The summed E-state index contributed by atoms with van der Waals surface area (Å²) < 4.78 is 0. The van der Waals surface area contributed by atoms with Crippen LogP contribution in [0.2, 0.25) is 0 Å². The fourth-order valence-corrected chi connectivity index (χ4v) is 2.99. The molecule has 2 aromatic rings. The predicted octanol–water partition coefficient (Wildman–Crippen LogP) is 3.71. The van der Waals surface area contributed by atoms with Gasteiger partial charge in [-0.25, -0.2) is 0 Å². The molecule has 1 amide bonds. The van der Waals surface area contributed by atoms with Gasteiger partial charge in [0, 0.05) is 30.9 Å². The van der Waals surface area contributed by atoms with Gasteiger partial charge in [-0.15, -0.1) is 24.0 Å². The topological polar surface area (TPSA) is 70.7 Å². The third kappa shape index (κ3) is 5.20. The van der Waals surface area contributed by atoms with Crippen LogP contribution in [0.25, 0.3) is 0 Å². The van der Waals surface area contributed by atoms with Crippen molar-refractivity contribution in [1.29, 1.82) is 0 Å². The van der Waals surface area contributed by atoms with Crippen molar-refractivity contribution in [2.24, 2.45) is 10.7 Å². The van der Waals surface area contributed by atoms with Gasteiger partial charge in [-0.2, -0.15) is 0 Å². The first-order chi connectivity index (χ1) is 12.1.